The average molecular weight is 796 g/mol. The van der Waals surface area contributed by atoms with Gasteiger partial charge in [-0.25, -0.2) is 0 Å². The molecule has 4 nitrogen and oxygen atoms in total. The van der Waals surface area contributed by atoms with Crippen LogP contribution >= 0.6 is 0 Å². The zero-order valence-electron chi connectivity index (χ0n) is 29.2. The number of aromatic nitrogens is 2. The summed E-state index contributed by atoms with van der Waals surface area (Å²) in [5.74, 6) is 0.286. The third-order valence-electron chi connectivity index (χ3n) is 10.3. The van der Waals surface area contributed by atoms with Crippen LogP contribution in [0.25, 0.3) is 33.2 Å². The molecule has 1 aliphatic rings. The van der Waals surface area contributed by atoms with E-state index in [0.29, 0.717) is 0 Å². The van der Waals surface area contributed by atoms with Crippen LogP contribution in [0.1, 0.15) is 105 Å². The Morgan fingerprint density at radius 3 is 2.07 bits per heavy atom. The molecule has 0 saturated heterocycles. The maximum Gasteiger partial charge on any atom is 0.164 e. The first-order valence-corrected chi connectivity index (χ1v) is 16.6. The van der Waals surface area contributed by atoms with E-state index in [4.69, 9.17) is 4.98 Å². The minimum atomic E-state index is -0.337. The number of hydrogen-bond acceptors (Lipinski definition) is 4. The molecule has 1 N–H and O–H groups in total. The molecule has 0 saturated carbocycles. The van der Waals surface area contributed by atoms with Crippen LogP contribution in [0.3, 0.4) is 0 Å². The molecule has 247 valence electrons. The fourth-order valence-corrected chi connectivity index (χ4v) is 5.91. The standard InChI is InChI=1S/C26H23N2.C15H28O2.Ir/c1-26(2,3)24-13-20(12-17-6-4-5-7-22(17)24)25-14-23-19(16-28-25)9-8-18-15-27-11-10-21(18)23;1-7-14(5,8-2)12(16)11-13(17)15(6,9-3)10-4;/h4-7,10-11,13-16H,8-9H2,1-3H3;11,16H,7-10H2,1-6H3;/q-1;;/b;12-11-;. The van der Waals surface area contributed by atoms with Gasteiger partial charge in [0.15, 0.2) is 5.78 Å². The summed E-state index contributed by atoms with van der Waals surface area (Å²) in [6, 6.07) is 18.8. The van der Waals surface area contributed by atoms with Gasteiger partial charge in [0.2, 0.25) is 0 Å². The van der Waals surface area contributed by atoms with E-state index >= 15 is 0 Å². The molecule has 2 heterocycles. The van der Waals surface area contributed by atoms with E-state index in [1.807, 2.05) is 60.1 Å². The Hall–Kier alpha value is -3.14. The Morgan fingerprint density at radius 1 is 0.848 bits per heavy atom. The quantitative estimate of drug-likeness (QED) is 0.110. The van der Waals surface area contributed by atoms with Crippen molar-refractivity contribution in [3.8, 4) is 22.4 Å². The van der Waals surface area contributed by atoms with Crippen molar-refractivity contribution in [3.05, 3.63) is 95.6 Å². The van der Waals surface area contributed by atoms with Gasteiger partial charge in [-0.2, -0.15) is 0 Å². The fraction of sp³-hybridized carbons (Fsp3) is 0.439. The van der Waals surface area contributed by atoms with Gasteiger partial charge >= 0.3 is 0 Å². The molecule has 0 atom stereocenters. The monoisotopic (exact) mass is 796 g/mol. The van der Waals surface area contributed by atoms with E-state index in [1.165, 1.54) is 39.3 Å². The van der Waals surface area contributed by atoms with Crippen LogP contribution in [-0.4, -0.2) is 20.9 Å². The van der Waals surface area contributed by atoms with Crippen molar-refractivity contribution in [1.82, 2.24) is 9.97 Å². The third-order valence-corrected chi connectivity index (χ3v) is 10.3. The molecular weight excluding hydrogens is 745 g/mol. The van der Waals surface area contributed by atoms with Crippen LogP contribution in [0.2, 0.25) is 0 Å². The van der Waals surface area contributed by atoms with Crippen molar-refractivity contribution in [2.45, 2.75) is 106 Å². The molecule has 0 bridgehead atoms. The van der Waals surface area contributed by atoms with E-state index < -0.39 is 0 Å². The molecule has 1 radical (unpaired) electrons. The zero-order valence-corrected chi connectivity index (χ0v) is 31.6. The van der Waals surface area contributed by atoms with Crippen LogP contribution in [0.5, 0.6) is 0 Å². The Bertz CT molecular complexity index is 1690. The van der Waals surface area contributed by atoms with Gasteiger partial charge in [-0.15, -0.1) is 29.1 Å². The SMILES string of the molecule is CC(C)(C)c1cc(-c2cc3c(cn2)CCc2cnccc2-3)[c-]c2ccccc12.CCC(C)(CC)C(=O)/C=C(\O)C(C)(CC)CC.[Ir]. The second-order valence-corrected chi connectivity index (χ2v) is 14.1. The van der Waals surface area contributed by atoms with Gasteiger partial charge in [-0.1, -0.05) is 97.5 Å². The van der Waals surface area contributed by atoms with Crippen LogP contribution in [0, 0.1) is 16.9 Å². The maximum atomic E-state index is 12.2. The van der Waals surface area contributed by atoms with Crippen molar-refractivity contribution in [3.63, 3.8) is 0 Å². The minimum absolute atomic E-state index is 0. The van der Waals surface area contributed by atoms with Gasteiger partial charge in [0.1, 0.15) is 5.76 Å². The second-order valence-electron chi connectivity index (χ2n) is 14.1. The molecular formula is C41H51IrN2O2-. The number of aryl methyl sites for hydroxylation is 2. The number of rotatable bonds is 8. The van der Waals surface area contributed by atoms with E-state index in [-0.39, 0.29) is 47.9 Å². The number of allylic oxidation sites excluding steroid dienone is 2. The number of carbonyl (C=O) groups is 1. The Morgan fingerprint density at radius 2 is 1.46 bits per heavy atom. The smallest absolute Gasteiger partial charge is 0.164 e. The van der Waals surface area contributed by atoms with Crippen molar-refractivity contribution >= 4 is 16.6 Å². The number of benzene rings is 2. The number of ketones is 1. The van der Waals surface area contributed by atoms with Crippen molar-refractivity contribution in [2.75, 3.05) is 0 Å². The molecule has 0 aliphatic heterocycles. The average Bonchev–Trinajstić information content (AvgIpc) is 3.06. The van der Waals surface area contributed by atoms with Gasteiger partial charge in [-0.3, -0.25) is 14.8 Å². The molecule has 5 rings (SSSR count). The predicted molar refractivity (Wildman–Crippen MR) is 188 cm³/mol. The molecule has 0 fully saturated rings. The van der Waals surface area contributed by atoms with Gasteiger partial charge in [0.25, 0.3) is 0 Å². The first kappa shape index (κ1) is 37.3. The number of aliphatic hydroxyl groups excluding tert-OH is 1. The molecule has 0 spiro atoms. The van der Waals surface area contributed by atoms with E-state index in [0.717, 1.165) is 55.2 Å². The number of fused-ring (bicyclic) bond motifs is 4. The van der Waals surface area contributed by atoms with Gasteiger partial charge in [0, 0.05) is 61.3 Å². The zero-order chi connectivity index (χ0) is 33.0. The summed E-state index contributed by atoms with van der Waals surface area (Å²) < 4.78 is 0. The van der Waals surface area contributed by atoms with E-state index in [9.17, 15) is 9.90 Å². The molecule has 2 aromatic carbocycles. The van der Waals surface area contributed by atoms with Crippen LogP contribution in [0.4, 0.5) is 0 Å². The van der Waals surface area contributed by atoms with Crippen molar-refractivity contribution in [1.29, 1.82) is 0 Å². The summed E-state index contributed by atoms with van der Waals surface area (Å²) in [5, 5.41) is 12.6. The number of nitrogens with zero attached hydrogens (tertiary/aromatic N) is 2. The van der Waals surface area contributed by atoms with Crippen LogP contribution in [-0.2, 0) is 43.2 Å². The largest absolute Gasteiger partial charge is 0.512 e. The van der Waals surface area contributed by atoms with Gasteiger partial charge < -0.3 is 5.11 Å². The fourth-order valence-electron chi connectivity index (χ4n) is 5.91. The number of hydrogen-bond donors (Lipinski definition) is 1. The summed E-state index contributed by atoms with van der Waals surface area (Å²) in [6.07, 6.45) is 12.7. The summed E-state index contributed by atoms with van der Waals surface area (Å²) in [5.41, 5.74) is 8.05. The number of carbonyl (C=O) groups excluding carboxylic acids is 1. The second kappa shape index (κ2) is 15.2. The summed E-state index contributed by atoms with van der Waals surface area (Å²) in [4.78, 5) is 21.3. The van der Waals surface area contributed by atoms with Crippen LogP contribution in [0.15, 0.2) is 72.9 Å². The Labute approximate surface area is 290 Å². The minimum Gasteiger partial charge on any atom is -0.512 e. The Kier molecular flexibility index (Phi) is 12.3. The first-order chi connectivity index (χ1) is 21.3. The van der Waals surface area contributed by atoms with Crippen molar-refractivity contribution in [2.24, 2.45) is 10.8 Å². The topological polar surface area (TPSA) is 63.1 Å². The number of pyridine rings is 2. The maximum absolute atomic E-state index is 12.2. The Balaban J connectivity index is 0.000000280. The molecule has 0 unspecified atom stereocenters. The first-order valence-electron chi connectivity index (χ1n) is 16.6. The molecule has 46 heavy (non-hydrogen) atoms. The predicted octanol–water partition coefficient (Wildman–Crippen LogP) is 10.8. The normalized spacial score (nSPS) is 13.2. The summed E-state index contributed by atoms with van der Waals surface area (Å²) in [6.45, 7) is 18.9. The van der Waals surface area contributed by atoms with E-state index in [1.54, 1.807) is 0 Å². The van der Waals surface area contributed by atoms with Gasteiger partial charge in [-0.05, 0) is 72.3 Å². The molecule has 4 aromatic rings. The number of aliphatic hydroxyl groups is 1. The molecule has 2 aromatic heterocycles. The summed E-state index contributed by atoms with van der Waals surface area (Å²) >= 11 is 0. The van der Waals surface area contributed by atoms with Gasteiger partial charge in [0.05, 0.1) is 0 Å². The van der Waals surface area contributed by atoms with Crippen molar-refractivity contribution < 1.29 is 30.0 Å². The third kappa shape index (κ3) is 7.86. The molecule has 0 amide bonds. The summed E-state index contributed by atoms with van der Waals surface area (Å²) in [7, 11) is 0. The van der Waals surface area contributed by atoms with Crippen LogP contribution < -0.4 is 0 Å². The van der Waals surface area contributed by atoms with E-state index in [2.05, 4.69) is 74.3 Å². The molecule has 5 heteroatoms. The molecule has 1 aliphatic carbocycles.